The monoisotopic (exact) mass is 331 g/mol. The van der Waals surface area contributed by atoms with Gasteiger partial charge in [0.15, 0.2) is 0 Å². The molecule has 1 amide bonds. The van der Waals surface area contributed by atoms with E-state index in [1.807, 2.05) is 91.8 Å². The van der Waals surface area contributed by atoms with Crippen LogP contribution in [0.25, 0.3) is 0 Å². The van der Waals surface area contributed by atoms with Gasteiger partial charge in [-0.2, -0.15) is 0 Å². The molecular weight excluding hydrogens is 310 g/mol. The molecule has 25 heavy (non-hydrogen) atoms. The molecule has 0 saturated carbocycles. The third kappa shape index (κ3) is 4.04. The molecule has 1 atom stereocenters. The summed E-state index contributed by atoms with van der Waals surface area (Å²) in [6.45, 7) is 0. The lowest BCUT2D eigenvalue weighted by Crippen LogP contribution is -2.23. The highest BCUT2D eigenvalue weighted by Gasteiger charge is 2.23. The molecule has 0 bridgehead atoms. The minimum atomic E-state index is -0.448. The maximum Gasteiger partial charge on any atom is 0.237 e. The van der Waals surface area contributed by atoms with Gasteiger partial charge in [-0.1, -0.05) is 36.4 Å². The number of rotatable bonds is 5. The highest BCUT2D eigenvalue weighted by atomic mass is 16.1. The molecule has 0 radical (unpaired) electrons. The second-order valence-corrected chi connectivity index (χ2v) is 6.03. The highest BCUT2D eigenvalue weighted by Crippen LogP contribution is 2.25. The van der Waals surface area contributed by atoms with E-state index in [4.69, 9.17) is 0 Å². The first-order valence-electron chi connectivity index (χ1n) is 8.19. The van der Waals surface area contributed by atoms with Crippen molar-refractivity contribution >= 4 is 17.3 Å². The zero-order valence-corrected chi connectivity index (χ0v) is 14.4. The average molecular weight is 331 g/mol. The molecule has 2 aromatic carbocycles. The molecule has 1 heterocycles. The van der Waals surface area contributed by atoms with Crippen LogP contribution in [0.4, 0.5) is 11.4 Å². The van der Waals surface area contributed by atoms with Gasteiger partial charge in [0, 0.05) is 31.7 Å². The Hall–Kier alpha value is -3.14. The normalized spacial score (nSPS) is 11.6. The van der Waals surface area contributed by atoms with Crippen LogP contribution in [0.1, 0.15) is 17.2 Å². The summed E-state index contributed by atoms with van der Waals surface area (Å²) >= 11 is 0. The molecule has 1 N–H and O–H groups in total. The Morgan fingerprint density at radius 3 is 2.20 bits per heavy atom. The number of anilines is 2. The van der Waals surface area contributed by atoms with Crippen LogP contribution < -0.4 is 10.2 Å². The summed E-state index contributed by atoms with van der Waals surface area (Å²) in [6.07, 6.45) is 1.71. The fourth-order valence-electron chi connectivity index (χ4n) is 2.71. The molecule has 1 aromatic heterocycles. The van der Waals surface area contributed by atoms with Gasteiger partial charge >= 0.3 is 0 Å². The number of carbonyl (C=O) groups is 1. The van der Waals surface area contributed by atoms with E-state index in [0.29, 0.717) is 0 Å². The molecule has 126 valence electrons. The molecule has 3 aromatic rings. The number of hydrogen-bond acceptors (Lipinski definition) is 3. The number of pyridine rings is 1. The predicted molar refractivity (Wildman–Crippen MR) is 102 cm³/mol. The lowest BCUT2D eigenvalue weighted by atomic mass is 9.94. The largest absolute Gasteiger partial charge is 0.378 e. The number of hydrogen-bond donors (Lipinski definition) is 1. The number of carbonyl (C=O) groups excluding carboxylic acids is 1. The number of aromatic nitrogens is 1. The molecule has 0 saturated heterocycles. The van der Waals surface area contributed by atoms with E-state index in [-0.39, 0.29) is 5.91 Å². The number of amides is 1. The summed E-state index contributed by atoms with van der Waals surface area (Å²) in [5, 5.41) is 3.01. The second kappa shape index (κ2) is 7.62. The first-order chi connectivity index (χ1) is 12.1. The lowest BCUT2D eigenvalue weighted by Gasteiger charge is -2.18. The van der Waals surface area contributed by atoms with Crippen molar-refractivity contribution in [1.29, 1.82) is 0 Å². The molecule has 0 aliphatic heterocycles. The number of nitrogens with zero attached hydrogens (tertiary/aromatic N) is 2. The van der Waals surface area contributed by atoms with Crippen molar-refractivity contribution in [2.75, 3.05) is 24.3 Å². The van der Waals surface area contributed by atoms with Gasteiger partial charge in [0.2, 0.25) is 5.91 Å². The fraction of sp³-hybridized carbons (Fsp3) is 0.143. The van der Waals surface area contributed by atoms with E-state index in [0.717, 1.165) is 22.6 Å². The van der Waals surface area contributed by atoms with Crippen LogP contribution in [0.5, 0.6) is 0 Å². The summed E-state index contributed by atoms with van der Waals surface area (Å²) in [7, 11) is 3.97. The summed E-state index contributed by atoms with van der Waals surface area (Å²) in [6, 6.07) is 23.1. The highest BCUT2D eigenvalue weighted by molar-refractivity contribution is 5.98. The Morgan fingerprint density at radius 1 is 0.920 bits per heavy atom. The van der Waals surface area contributed by atoms with E-state index < -0.39 is 5.92 Å². The van der Waals surface area contributed by atoms with E-state index in [1.54, 1.807) is 6.20 Å². The topological polar surface area (TPSA) is 45.2 Å². The van der Waals surface area contributed by atoms with Crippen molar-refractivity contribution < 1.29 is 4.79 Å². The minimum absolute atomic E-state index is 0.0949. The third-order valence-corrected chi connectivity index (χ3v) is 4.03. The van der Waals surface area contributed by atoms with Gasteiger partial charge < -0.3 is 10.2 Å². The summed E-state index contributed by atoms with van der Waals surface area (Å²) in [4.78, 5) is 19.4. The van der Waals surface area contributed by atoms with Gasteiger partial charge in [-0.05, 0) is 42.0 Å². The predicted octanol–water partition coefficient (Wildman–Crippen LogP) is 3.92. The molecule has 0 spiro atoms. The maximum absolute atomic E-state index is 13.0. The SMILES string of the molecule is CN(C)c1ccc(NC(=O)C(c2ccccc2)c2ccccn2)cc1. The molecule has 4 nitrogen and oxygen atoms in total. The third-order valence-electron chi connectivity index (χ3n) is 4.03. The lowest BCUT2D eigenvalue weighted by molar-refractivity contribution is -0.116. The van der Waals surface area contributed by atoms with Crippen LogP contribution in [0.2, 0.25) is 0 Å². The van der Waals surface area contributed by atoms with Crippen molar-refractivity contribution in [3.63, 3.8) is 0 Å². The van der Waals surface area contributed by atoms with Crippen molar-refractivity contribution in [2.45, 2.75) is 5.92 Å². The van der Waals surface area contributed by atoms with Crippen LogP contribution in [0.3, 0.4) is 0 Å². The molecule has 4 heteroatoms. The zero-order valence-electron chi connectivity index (χ0n) is 14.4. The van der Waals surface area contributed by atoms with Gasteiger partial charge in [0.1, 0.15) is 5.92 Å². The van der Waals surface area contributed by atoms with Gasteiger partial charge in [-0.3, -0.25) is 9.78 Å². The van der Waals surface area contributed by atoms with Gasteiger partial charge in [-0.15, -0.1) is 0 Å². The van der Waals surface area contributed by atoms with Gasteiger partial charge in [0.25, 0.3) is 0 Å². The number of benzene rings is 2. The van der Waals surface area contributed by atoms with E-state index in [9.17, 15) is 4.79 Å². The van der Waals surface area contributed by atoms with Crippen LogP contribution in [0, 0.1) is 0 Å². The molecular formula is C21H21N3O. The maximum atomic E-state index is 13.0. The molecule has 0 aliphatic rings. The van der Waals surface area contributed by atoms with Crippen molar-refractivity contribution in [1.82, 2.24) is 4.98 Å². The summed E-state index contributed by atoms with van der Waals surface area (Å²) < 4.78 is 0. The summed E-state index contributed by atoms with van der Waals surface area (Å²) in [5.41, 5.74) is 3.51. The Kier molecular flexibility index (Phi) is 5.09. The van der Waals surface area contributed by atoms with Gasteiger partial charge in [0.05, 0.1) is 5.69 Å². The van der Waals surface area contributed by atoms with E-state index in [1.165, 1.54) is 0 Å². The van der Waals surface area contributed by atoms with Crippen LogP contribution in [0.15, 0.2) is 79.0 Å². The van der Waals surface area contributed by atoms with Crippen LogP contribution in [-0.2, 0) is 4.79 Å². The molecule has 1 unspecified atom stereocenters. The first-order valence-corrected chi connectivity index (χ1v) is 8.19. The Bertz CT molecular complexity index is 775. The molecule has 0 fully saturated rings. The number of nitrogens with one attached hydrogen (secondary N) is 1. The van der Waals surface area contributed by atoms with Gasteiger partial charge in [-0.25, -0.2) is 0 Å². The fourth-order valence-corrected chi connectivity index (χ4v) is 2.71. The Balaban J connectivity index is 1.87. The molecule has 0 aliphatic carbocycles. The average Bonchev–Trinajstić information content (AvgIpc) is 2.64. The van der Waals surface area contributed by atoms with Crippen molar-refractivity contribution in [3.8, 4) is 0 Å². The first kappa shape index (κ1) is 16.7. The van der Waals surface area contributed by atoms with Crippen LogP contribution in [-0.4, -0.2) is 25.0 Å². The van der Waals surface area contributed by atoms with Crippen LogP contribution >= 0.6 is 0 Å². The quantitative estimate of drug-likeness (QED) is 0.771. The zero-order chi connectivity index (χ0) is 17.6. The Morgan fingerprint density at radius 2 is 1.60 bits per heavy atom. The molecule has 3 rings (SSSR count). The van der Waals surface area contributed by atoms with Crippen molar-refractivity contribution in [3.05, 3.63) is 90.3 Å². The van der Waals surface area contributed by atoms with Crippen molar-refractivity contribution in [2.24, 2.45) is 0 Å². The Labute approximate surface area is 148 Å². The smallest absolute Gasteiger partial charge is 0.237 e. The van der Waals surface area contributed by atoms with E-state index >= 15 is 0 Å². The summed E-state index contributed by atoms with van der Waals surface area (Å²) in [5.74, 6) is -0.543. The second-order valence-electron chi connectivity index (χ2n) is 6.03. The minimum Gasteiger partial charge on any atom is -0.378 e. The van der Waals surface area contributed by atoms with E-state index in [2.05, 4.69) is 10.3 Å². The standard InChI is InChI=1S/C21H21N3O/c1-24(2)18-13-11-17(12-14-18)23-21(25)20(16-8-4-3-5-9-16)19-10-6-7-15-22-19/h3-15,20H,1-2H3,(H,23,25).